The van der Waals surface area contributed by atoms with Crippen molar-refractivity contribution in [1.82, 2.24) is 9.21 Å². The molecule has 0 radical (unpaired) electrons. The first-order valence-electron chi connectivity index (χ1n) is 8.86. The van der Waals surface area contributed by atoms with E-state index >= 15 is 0 Å². The predicted octanol–water partition coefficient (Wildman–Crippen LogP) is 3.41. The Balaban J connectivity index is 2.32. The van der Waals surface area contributed by atoms with Gasteiger partial charge in [-0.15, -0.1) is 0 Å². The van der Waals surface area contributed by atoms with Crippen LogP contribution in [-0.2, 0) is 10.0 Å². The molecule has 4 nitrogen and oxygen atoms in total. The maximum absolute atomic E-state index is 13.3. The number of likely N-dealkylation sites (tertiary alicyclic amines) is 1. The van der Waals surface area contributed by atoms with E-state index in [1.165, 1.54) is 0 Å². The molecule has 0 saturated carbocycles. The molecule has 1 aromatic carbocycles. The number of rotatable bonds is 4. The van der Waals surface area contributed by atoms with Crippen LogP contribution in [0.15, 0.2) is 11.0 Å². The number of benzene rings is 1. The van der Waals surface area contributed by atoms with Gasteiger partial charge in [-0.1, -0.05) is 6.07 Å². The van der Waals surface area contributed by atoms with Gasteiger partial charge in [0.15, 0.2) is 0 Å². The highest BCUT2D eigenvalue weighted by molar-refractivity contribution is 7.89. The van der Waals surface area contributed by atoms with Crippen molar-refractivity contribution in [3.8, 4) is 0 Å². The fourth-order valence-electron chi connectivity index (χ4n) is 3.67. The predicted molar refractivity (Wildman–Crippen MR) is 100 cm³/mol. The lowest BCUT2D eigenvalue weighted by molar-refractivity contribution is 0.140. The van der Waals surface area contributed by atoms with E-state index in [0.717, 1.165) is 48.2 Å². The summed E-state index contributed by atoms with van der Waals surface area (Å²) in [4.78, 5) is 2.93. The molecule has 1 heterocycles. The van der Waals surface area contributed by atoms with Crippen molar-refractivity contribution in [2.45, 2.75) is 71.4 Å². The van der Waals surface area contributed by atoms with Crippen LogP contribution in [0, 0.1) is 27.7 Å². The topological polar surface area (TPSA) is 40.6 Å². The van der Waals surface area contributed by atoms with Gasteiger partial charge in [-0.25, -0.2) is 8.42 Å². The Labute approximate surface area is 147 Å². The van der Waals surface area contributed by atoms with Gasteiger partial charge < -0.3 is 4.90 Å². The number of nitrogens with zero attached hydrogens (tertiary/aromatic N) is 2. The summed E-state index contributed by atoms with van der Waals surface area (Å²) in [5.41, 5.74) is 3.84. The fraction of sp³-hybridized carbons (Fsp3) is 0.684. The zero-order chi connectivity index (χ0) is 18.2. The van der Waals surface area contributed by atoms with Crippen molar-refractivity contribution in [2.75, 3.05) is 20.1 Å². The van der Waals surface area contributed by atoms with E-state index in [0.29, 0.717) is 10.9 Å². The van der Waals surface area contributed by atoms with Gasteiger partial charge >= 0.3 is 0 Å². The van der Waals surface area contributed by atoms with E-state index in [2.05, 4.69) is 24.8 Å². The summed E-state index contributed by atoms with van der Waals surface area (Å²) >= 11 is 0. The highest BCUT2D eigenvalue weighted by Gasteiger charge is 2.33. The molecule has 1 aromatic rings. The Morgan fingerprint density at radius 2 is 1.50 bits per heavy atom. The van der Waals surface area contributed by atoms with Crippen LogP contribution in [0.4, 0.5) is 0 Å². The quantitative estimate of drug-likeness (QED) is 0.834. The molecule has 0 aliphatic carbocycles. The van der Waals surface area contributed by atoms with Gasteiger partial charge in [0.05, 0.1) is 4.90 Å². The van der Waals surface area contributed by atoms with Gasteiger partial charge in [-0.2, -0.15) is 4.31 Å². The molecule has 0 bridgehead atoms. The van der Waals surface area contributed by atoms with Crippen molar-refractivity contribution in [3.05, 3.63) is 28.3 Å². The molecule has 0 amide bonds. The normalized spacial score (nSPS) is 17.9. The summed E-state index contributed by atoms with van der Waals surface area (Å²) in [5.74, 6) is 0. The lowest BCUT2D eigenvalue weighted by Crippen LogP contribution is -2.47. The second-order valence-corrected chi connectivity index (χ2v) is 9.41. The van der Waals surface area contributed by atoms with E-state index in [1.54, 1.807) is 11.4 Å². The molecule has 1 saturated heterocycles. The monoisotopic (exact) mass is 352 g/mol. The Kier molecular flexibility index (Phi) is 5.78. The lowest BCUT2D eigenvalue weighted by atomic mass is 10.0. The molecule has 136 valence electrons. The maximum atomic E-state index is 13.3. The molecule has 1 fully saturated rings. The maximum Gasteiger partial charge on any atom is 0.243 e. The minimum atomic E-state index is -3.47. The van der Waals surface area contributed by atoms with E-state index in [4.69, 9.17) is 0 Å². The van der Waals surface area contributed by atoms with Crippen LogP contribution < -0.4 is 0 Å². The number of aryl methyl sites for hydroxylation is 2. The van der Waals surface area contributed by atoms with Gasteiger partial charge in [-0.3, -0.25) is 0 Å². The standard InChI is InChI=1S/C19H32N2O2S/c1-13(2)21-10-8-18(9-11-21)20(7)24(22,23)19-16(5)14(3)12-15(4)17(19)6/h12-13,18H,8-11H2,1-7H3. The number of hydrogen-bond donors (Lipinski definition) is 0. The minimum Gasteiger partial charge on any atom is -0.301 e. The summed E-state index contributed by atoms with van der Waals surface area (Å²) in [6, 6.07) is 2.69. The third kappa shape index (κ3) is 3.53. The molecule has 0 aromatic heterocycles. The summed E-state index contributed by atoms with van der Waals surface area (Å²) in [5, 5.41) is 0. The van der Waals surface area contributed by atoms with Crippen molar-refractivity contribution < 1.29 is 8.42 Å². The van der Waals surface area contributed by atoms with E-state index < -0.39 is 10.0 Å². The molecule has 0 spiro atoms. The van der Waals surface area contributed by atoms with Gasteiger partial charge in [0, 0.05) is 19.1 Å². The van der Waals surface area contributed by atoms with Gasteiger partial charge in [0.2, 0.25) is 10.0 Å². The molecule has 2 rings (SSSR count). The number of piperidine rings is 1. The molecule has 0 N–H and O–H groups in total. The number of hydrogen-bond acceptors (Lipinski definition) is 3. The molecule has 0 unspecified atom stereocenters. The largest absolute Gasteiger partial charge is 0.301 e. The summed E-state index contributed by atoms with van der Waals surface area (Å²) in [6.07, 6.45) is 1.80. The fourth-order valence-corrected chi connectivity index (χ4v) is 5.66. The Bertz CT molecular complexity index is 676. The first-order chi connectivity index (χ1) is 11.1. The Morgan fingerprint density at radius 3 is 1.92 bits per heavy atom. The number of sulfonamides is 1. The smallest absolute Gasteiger partial charge is 0.243 e. The average Bonchev–Trinajstić information content (AvgIpc) is 2.52. The van der Waals surface area contributed by atoms with Crippen LogP contribution in [0.25, 0.3) is 0 Å². The third-order valence-corrected chi connectivity index (χ3v) is 7.86. The second-order valence-electron chi connectivity index (χ2n) is 7.47. The Hall–Kier alpha value is -0.910. The van der Waals surface area contributed by atoms with Crippen LogP contribution in [0.3, 0.4) is 0 Å². The van der Waals surface area contributed by atoms with E-state index in [1.807, 2.05) is 27.7 Å². The van der Waals surface area contributed by atoms with Crippen molar-refractivity contribution in [1.29, 1.82) is 0 Å². The summed E-state index contributed by atoms with van der Waals surface area (Å²) in [6.45, 7) is 14.1. The highest BCUT2D eigenvalue weighted by atomic mass is 32.2. The molecule has 1 aliphatic heterocycles. The molecule has 24 heavy (non-hydrogen) atoms. The molecule has 5 heteroatoms. The molecular formula is C19H32N2O2S. The van der Waals surface area contributed by atoms with Crippen molar-refractivity contribution in [3.63, 3.8) is 0 Å². The summed E-state index contributed by atoms with van der Waals surface area (Å²) < 4.78 is 28.2. The van der Waals surface area contributed by atoms with Gasteiger partial charge in [-0.05, 0) is 89.7 Å². The first-order valence-corrected chi connectivity index (χ1v) is 10.3. The van der Waals surface area contributed by atoms with E-state index in [-0.39, 0.29) is 6.04 Å². The van der Waals surface area contributed by atoms with Crippen molar-refractivity contribution >= 4 is 10.0 Å². The summed E-state index contributed by atoms with van der Waals surface area (Å²) in [7, 11) is -1.72. The molecular weight excluding hydrogens is 320 g/mol. The Morgan fingerprint density at radius 1 is 1.04 bits per heavy atom. The van der Waals surface area contributed by atoms with Gasteiger partial charge in [0.1, 0.15) is 0 Å². The van der Waals surface area contributed by atoms with Crippen LogP contribution >= 0.6 is 0 Å². The van der Waals surface area contributed by atoms with Gasteiger partial charge in [0.25, 0.3) is 0 Å². The zero-order valence-corrected chi connectivity index (χ0v) is 17.0. The van der Waals surface area contributed by atoms with Crippen LogP contribution in [0.2, 0.25) is 0 Å². The van der Waals surface area contributed by atoms with Crippen LogP contribution in [0.5, 0.6) is 0 Å². The minimum absolute atomic E-state index is 0.0876. The molecule has 0 atom stereocenters. The SMILES string of the molecule is Cc1cc(C)c(C)c(S(=O)(=O)N(C)C2CCN(C(C)C)CC2)c1C. The highest BCUT2D eigenvalue weighted by Crippen LogP contribution is 2.30. The first kappa shape index (κ1) is 19.4. The lowest BCUT2D eigenvalue weighted by Gasteiger charge is -2.38. The van der Waals surface area contributed by atoms with Crippen LogP contribution in [0.1, 0.15) is 48.9 Å². The van der Waals surface area contributed by atoms with Crippen molar-refractivity contribution in [2.24, 2.45) is 0 Å². The third-order valence-electron chi connectivity index (χ3n) is 5.68. The van der Waals surface area contributed by atoms with Crippen LogP contribution in [-0.4, -0.2) is 49.8 Å². The zero-order valence-electron chi connectivity index (χ0n) is 16.2. The average molecular weight is 353 g/mol. The molecule has 1 aliphatic rings. The van der Waals surface area contributed by atoms with E-state index in [9.17, 15) is 8.42 Å². The second kappa shape index (κ2) is 7.14.